The fraction of sp³-hybridized carbons (Fsp3) is 0.667. The largest absolute Gasteiger partial charge is 0.355 e. The number of nitrogens with zero attached hydrogens (tertiary/aromatic N) is 6. The molecule has 2 atom stereocenters. The van der Waals surface area contributed by atoms with Gasteiger partial charge >= 0.3 is 0 Å². The molecule has 1 fully saturated rings. The van der Waals surface area contributed by atoms with Crippen LogP contribution in [-0.2, 0) is 0 Å². The maximum Gasteiger partial charge on any atom is 0.200 e. The molecule has 0 amide bonds. The van der Waals surface area contributed by atoms with Crippen LogP contribution in [0.1, 0.15) is 32.6 Å². The van der Waals surface area contributed by atoms with Gasteiger partial charge in [-0.2, -0.15) is 0 Å². The topological polar surface area (TPSA) is 59.2 Å². The molecule has 6 nitrogen and oxygen atoms in total. The van der Waals surface area contributed by atoms with Gasteiger partial charge in [-0.1, -0.05) is 19.8 Å². The van der Waals surface area contributed by atoms with Gasteiger partial charge in [-0.25, -0.2) is 0 Å². The number of hydrogen-bond acceptors (Lipinski definition) is 5. The molecule has 1 aliphatic carbocycles. The Labute approximate surface area is 106 Å². The van der Waals surface area contributed by atoms with Gasteiger partial charge in [-0.15, -0.1) is 14.8 Å². The monoisotopic (exact) mass is 246 g/mol. The van der Waals surface area contributed by atoms with Gasteiger partial charge in [-0.05, 0) is 41.3 Å². The summed E-state index contributed by atoms with van der Waals surface area (Å²) in [6, 6.07) is 4.47. The molecule has 0 aromatic carbocycles. The minimum Gasteiger partial charge on any atom is -0.355 e. The van der Waals surface area contributed by atoms with E-state index in [4.69, 9.17) is 0 Å². The van der Waals surface area contributed by atoms with Crippen molar-refractivity contribution in [3.63, 3.8) is 0 Å². The van der Waals surface area contributed by atoms with Crippen LogP contribution in [-0.4, -0.2) is 38.3 Å². The molecule has 18 heavy (non-hydrogen) atoms. The Morgan fingerprint density at radius 1 is 1.28 bits per heavy atom. The van der Waals surface area contributed by atoms with Crippen molar-refractivity contribution < 1.29 is 0 Å². The maximum atomic E-state index is 4.45. The van der Waals surface area contributed by atoms with Crippen LogP contribution in [0.2, 0.25) is 0 Å². The van der Waals surface area contributed by atoms with Gasteiger partial charge in [0.1, 0.15) is 0 Å². The van der Waals surface area contributed by atoms with Crippen molar-refractivity contribution in [2.24, 2.45) is 5.92 Å². The summed E-state index contributed by atoms with van der Waals surface area (Å²) in [7, 11) is 2.12. The van der Waals surface area contributed by atoms with Crippen LogP contribution >= 0.6 is 0 Å². The Hall–Kier alpha value is -1.72. The van der Waals surface area contributed by atoms with E-state index in [0.717, 1.165) is 11.7 Å². The van der Waals surface area contributed by atoms with E-state index in [0.29, 0.717) is 11.7 Å². The molecule has 0 aliphatic heterocycles. The van der Waals surface area contributed by atoms with E-state index in [1.165, 1.54) is 30.3 Å². The first-order valence-corrected chi connectivity index (χ1v) is 6.54. The molecule has 0 unspecified atom stereocenters. The molecule has 3 rings (SSSR count). The minimum atomic E-state index is 0.570. The number of anilines is 1. The Morgan fingerprint density at radius 3 is 2.94 bits per heavy atom. The smallest absolute Gasteiger partial charge is 0.200 e. The molecular weight excluding hydrogens is 228 g/mol. The van der Waals surface area contributed by atoms with Gasteiger partial charge in [0.25, 0.3) is 0 Å². The highest BCUT2D eigenvalue weighted by Gasteiger charge is 2.26. The predicted molar refractivity (Wildman–Crippen MR) is 68.4 cm³/mol. The van der Waals surface area contributed by atoms with E-state index in [1.54, 1.807) is 0 Å². The van der Waals surface area contributed by atoms with Crippen LogP contribution in [0.3, 0.4) is 0 Å². The highest BCUT2D eigenvalue weighted by molar-refractivity contribution is 5.44. The predicted octanol–water partition coefficient (Wildman–Crippen LogP) is 1.53. The lowest BCUT2D eigenvalue weighted by Crippen LogP contribution is -2.39. The number of fused-ring (bicyclic) bond motifs is 1. The quantitative estimate of drug-likeness (QED) is 0.804. The maximum absolute atomic E-state index is 4.45. The normalized spacial score (nSPS) is 24.3. The zero-order valence-corrected chi connectivity index (χ0v) is 10.8. The van der Waals surface area contributed by atoms with Crippen molar-refractivity contribution in [3.8, 4) is 0 Å². The van der Waals surface area contributed by atoms with E-state index >= 15 is 0 Å². The summed E-state index contributed by atoms with van der Waals surface area (Å²) in [6.07, 6.45) is 5.21. The lowest BCUT2D eigenvalue weighted by atomic mass is 9.85. The summed E-state index contributed by atoms with van der Waals surface area (Å²) >= 11 is 0. The summed E-state index contributed by atoms with van der Waals surface area (Å²) in [5.74, 6) is 1.66. The van der Waals surface area contributed by atoms with Crippen LogP contribution < -0.4 is 4.90 Å². The van der Waals surface area contributed by atoms with Gasteiger partial charge in [0.05, 0.1) is 0 Å². The third-order valence-electron chi connectivity index (χ3n) is 3.98. The van der Waals surface area contributed by atoms with Crippen molar-refractivity contribution in [1.29, 1.82) is 0 Å². The Balaban J connectivity index is 1.87. The lowest BCUT2D eigenvalue weighted by molar-refractivity contribution is 0.320. The Kier molecular flexibility index (Phi) is 2.85. The second-order valence-corrected chi connectivity index (χ2v) is 5.16. The highest BCUT2D eigenvalue weighted by atomic mass is 15.6. The van der Waals surface area contributed by atoms with E-state index in [2.05, 4.69) is 39.5 Å². The van der Waals surface area contributed by atoms with Crippen LogP contribution in [0, 0.1) is 5.92 Å². The van der Waals surface area contributed by atoms with Crippen LogP contribution in [0.4, 0.5) is 5.82 Å². The van der Waals surface area contributed by atoms with E-state index in [9.17, 15) is 0 Å². The molecule has 0 spiro atoms. The van der Waals surface area contributed by atoms with Gasteiger partial charge in [0.2, 0.25) is 0 Å². The molecule has 2 aromatic rings. The summed E-state index contributed by atoms with van der Waals surface area (Å²) in [5, 5.41) is 15.8. The van der Waals surface area contributed by atoms with Crippen LogP contribution in [0.5, 0.6) is 0 Å². The number of tetrazole rings is 1. The third-order valence-corrected chi connectivity index (χ3v) is 3.98. The first-order chi connectivity index (χ1) is 8.75. The van der Waals surface area contributed by atoms with Gasteiger partial charge in [0.15, 0.2) is 11.5 Å². The number of hydrogen-bond donors (Lipinski definition) is 0. The van der Waals surface area contributed by atoms with Crippen molar-refractivity contribution >= 4 is 11.5 Å². The molecule has 6 heteroatoms. The standard InChI is InChI=1S/C12H18N6/c1-9-5-3-4-6-10(9)17(2)12-8-7-11-13-15-16-18(11)14-12/h7-10H,3-6H2,1-2H3/t9-,10-/m1/s1. The van der Waals surface area contributed by atoms with E-state index in [-0.39, 0.29) is 0 Å². The van der Waals surface area contributed by atoms with Crippen molar-refractivity contribution in [3.05, 3.63) is 12.1 Å². The molecule has 96 valence electrons. The van der Waals surface area contributed by atoms with Gasteiger partial charge in [0, 0.05) is 13.1 Å². The van der Waals surface area contributed by atoms with Crippen molar-refractivity contribution in [2.75, 3.05) is 11.9 Å². The fourth-order valence-corrected chi connectivity index (χ4v) is 2.87. The zero-order chi connectivity index (χ0) is 12.5. The molecule has 0 bridgehead atoms. The summed E-state index contributed by atoms with van der Waals surface area (Å²) in [4.78, 5) is 2.27. The van der Waals surface area contributed by atoms with E-state index in [1.807, 2.05) is 12.1 Å². The van der Waals surface area contributed by atoms with Crippen LogP contribution in [0.25, 0.3) is 5.65 Å². The first kappa shape index (κ1) is 11.4. The van der Waals surface area contributed by atoms with E-state index < -0.39 is 0 Å². The first-order valence-electron chi connectivity index (χ1n) is 6.54. The average molecular weight is 246 g/mol. The minimum absolute atomic E-state index is 0.570. The summed E-state index contributed by atoms with van der Waals surface area (Å²) < 4.78 is 1.49. The number of rotatable bonds is 2. The molecule has 1 aliphatic rings. The second kappa shape index (κ2) is 4.51. The lowest BCUT2D eigenvalue weighted by Gasteiger charge is -2.36. The van der Waals surface area contributed by atoms with Gasteiger partial charge < -0.3 is 4.90 Å². The summed E-state index contributed by atoms with van der Waals surface area (Å²) in [5.41, 5.74) is 0.684. The molecule has 0 saturated heterocycles. The van der Waals surface area contributed by atoms with Crippen molar-refractivity contribution in [1.82, 2.24) is 25.3 Å². The molecule has 1 saturated carbocycles. The Bertz CT molecular complexity index is 536. The highest BCUT2D eigenvalue weighted by Crippen LogP contribution is 2.29. The van der Waals surface area contributed by atoms with Crippen molar-refractivity contribution in [2.45, 2.75) is 38.6 Å². The molecule has 0 N–H and O–H groups in total. The summed E-state index contributed by atoms with van der Waals surface area (Å²) in [6.45, 7) is 2.33. The zero-order valence-electron chi connectivity index (χ0n) is 10.8. The molecular formula is C12H18N6. The molecule has 0 radical (unpaired) electrons. The van der Waals surface area contributed by atoms with Gasteiger partial charge in [-0.3, -0.25) is 0 Å². The number of aromatic nitrogens is 5. The fourth-order valence-electron chi connectivity index (χ4n) is 2.87. The third kappa shape index (κ3) is 1.91. The van der Waals surface area contributed by atoms with Crippen LogP contribution in [0.15, 0.2) is 12.1 Å². The Morgan fingerprint density at radius 2 is 2.11 bits per heavy atom. The molecule has 2 aromatic heterocycles. The molecule has 2 heterocycles. The second-order valence-electron chi connectivity index (χ2n) is 5.16. The average Bonchev–Trinajstić information content (AvgIpc) is 2.85. The SMILES string of the molecule is C[C@@H]1CCCC[C@H]1N(C)c1ccc2nnnn2n1.